The number of ether oxygens (including phenoxy) is 3. The summed E-state index contributed by atoms with van der Waals surface area (Å²) in [4.78, 5) is 11.2. The van der Waals surface area contributed by atoms with Gasteiger partial charge in [0.25, 0.3) is 0 Å². The fourth-order valence-electron chi connectivity index (χ4n) is 3.10. The van der Waals surface area contributed by atoms with Crippen molar-refractivity contribution in [2.45, 2.75) is 32.7 Å². The molecule has 3 aromatic rings. The molecule has 11 heteroatoms. The summed E-state index contributed by atoms with van der Waals surface area (Å²) >= 11 is 6.15. The second-order valence-corrected chi connectivity index (χ2v) is 7.56. The summed E-state index contributed by atoms with van der Waals surface area (Å²) in [6.45, 7) is -2.24. The number of aromatic nitrogens is 2. The molecule has 0 aliphatic heterocycles. The Kier molecular flexibility index (Phi) is 8.27. The van der Waals surface area contributed by atoms with Crippen molar-refractivity contribution < 1.29 is 37.3 Å². The maximum atomic E-state index is 13.1. The predicted molar refractivity (Wildman–Crippen MR) is 118 cm³/mol. The number of hydrogen-bond donors (Lipinski definition) is 1. The first kappa shape index (κ1) is 25.2. The summed E-state index contributed by atoms with van der Waals surface area (Å²) in [6, 6.07) is 11.8. The normalized spacial score (nSPS) is 12.0. The van der Waals surface area contributed by atoms with E-state index in [1.165, 1.54) is 7.05 Å². The standard InChI is InChI=1S/C23H22ClF3N2O5/c1-3-13-4-5-15(17(10-13)33-18(11-25)22(30)31)12-32-16-8-6-14(7-9-16)20-19(24)21(29(2)28-20)34-23(26)27/h4-10,18,23H,3,11-12H2,1-2H3,(H,30,31). The van der Waals surface area contributed by atoms with Crippen molar-refractivity contribution in [1.29, 1.82) is 0 Å². The van der Waals surface area contributed by atoms with Crippen molar-refractivity contribution in [1.82, 2.24) is 9.78 Å². The van der Waals surface area contributed by atoms with Crippen LogP contribution < -0.4 is 14.2 Å². The quantitative estimate of drug-likeness (QED) is 0.387. The molecule has 1 N–H and O–H groups in total. The van der Waals surface area contributed by atoms with Crippen molar-refractivity contribution >= 4 is 17.6 Å². The second-order valence-electron chi connectivity index (χ2n) is 7.18. The lowest BCUT2D eigenvalue weighted by Gasteiger charge is -2.17. The van der Waals surface area contributed by atoms with Gasteiger partial charge in [-0.3, -0.25) is 0 Å². The zero-order valence-corrected chi connectivity index (χ0v) is 19.1. The van der Waals surface area contributed by atoms with Crippen LogP contribution in [0.3, 0.4) is 0 Å². The molecule has 0 aliphatic rings. The summed E-state index contributed by atoms with van der Waals surface area (Å²) < 4.78 is 54.9. The molecule has 0 radical (unpaired) electrons. The molecule has 182 valence electrons. The molecule has 1 atom stereocenters. The van der Waals surface area contributed by atoms with Gasteiger partial charge in [-0.05, 0) is 42.3 Å². The van der Waals surface area contributed by atoms with Crippen molar-refractivity contribution in [3.05, 3.63) is 58.6 Å². The summed E-state index contributed by atoms with van der Waals surface area (Å²) in [6.07, 6.45) is -0.931. The van der Waals surface area contributed by atoms with Gasteiger partial charge < -0.3 is 19.3 Å². The fourth-order valence-corrected chi connectivity index (χ4v) is 3.41. The monoisotopic (exact) mass is 498 g/mol. The van der Waals surface area contributed by atoms with E-state index in [1.54, 1.807) is 36.4 Å². The maximum absolute atomic E-state index is 13.1. The van der Waals surface area contributed by atoms with Crippen LogP contribution in [0.25, 0.3) is 11.3 Å². The molecule has 0 amide bonds. The van der Waals surface area contributed by atoms with Gasteiger partial charge in [0.15, 0.2) is 0 Å². The molecule has 7 nitrogen and oxygen atoms in total. The van der Waals surface area contributed by atoms with Crippen LogP contribution in [-0.4, -0.2) is 40.2 Å². The first-order valence-corrected chi connectivity index (χ1v) is 10.6. The molecule has 1 unspecified atom stereocenters. The molecule has 34 heavy (non-hydrogen) atoms. The number of alkyl halides is 3. The number of aliphatic carboxylic acids is 1. The molecule has 3 rings (SSSR count). The molecule has 0 bridgehead atoms. The van der Waals surface area contributed by atoms with E-state index < -0.39 is 25.4 Å². The summed E-state index contributed by atoms with van der Waals surface area (Å²) in [5, 5.41) is 13.2. The van der Waals surface area contributed by atoms with Crippen molar-refractivity contribution in [3.63, 3.8) is 0 Å². The molecular weight excluding hydrogens is 477 g/mol. The van der Waals surface area contributed by atoms with Crippen LogP contribution in [0, 0.1) is 0 Å². The van der Waals surface area contributed by atoms with E-state index in [4.69, 9.17) is 26.2 Å². The lowest BCUT2D eigenvalue weighted by molar-refractivity contribution is -0.145. The molecular formula is C23H22ClF3N2O5. The molecule has 1 heterocycles. The number of carboxylic acids is 1. The lowest BCUT2D eigenvalue weighted by atomic mass is 10.1. The molecule has 0 saturated heterocycles. The zero-order chi connectivity index (χ0) is 24.8. The third kappa shape index (κ3) is 5.93. The Morgan fingerprint density at radius 1 is 1.18 bits per heavy atom. The molecule has 0 aliphatic carbocycles. The second kappa shape index (κ2) is 11.1. The Labute approximate surface area is 198 Å². The minimum absolute atomic E-state index is 0.0357. The highest BCUT2D eigenvalue weighted by molar-refractivity contribution is 6.34. The molecule has 0 fully saturated rings. The lowest BCUT2D eigenvalue weighted by Crippen LogP contribution is -2.29. The molecule has 0 saturated carbocycles. The minimum atomic E-state index is -3.03. The highest BCUT2D eigenvalue weighted by Crippen LogP contribution is 2.36. The summed E-state index contributed by atoms with van der Waals surface area (Å²) in [5.74, 6) is -0.955. The third-order valence-corrected chi connectivity index (χ3v) is 5.23. The van der Waals surface area contributed by atoms with Gasteiger partial charge in [-0.1, -0.05) is 30.7 Å². The van der Waals surface area contributed by atoms with E-state index in [1.807, 2.05) is 13.0 Å². The van der Waals surface area contributed by atoms with Gasteiger partial charge >= 0.3 is 12.6 Å². The number of rotatable bonds is 11. The van der Waals surface area contributed by atoms with E-state index >= 15 is 0 Å². The van der Waals surface area contributed by atoms with Gasteiger partial charge in [0, 0.05) is 18.2 Å². The Morgan fingerprint density at radius 3 is 2.47 bits per heavy atom. The number of nitrogens with zero attached hydrogens (tertiary/aromatic N) is 2. The summed E-state index contributed by atoms with van der Waals surface area (Å²) in [7, 11) is 1.44. The molecule has 2 aromatic carbocycles. The van der Waals surface area contributed by atoms with Gasteiger partial charge in [-0.25, -0.2) is 13.9 Å². The van der Waals surface area contributed by atoms with E-state index in [0.29, 0.717) is 23.3 Å². The topological polar surface area (TPSA) is 82.8 Å². The maximum Gasteiger partial charge on any atom is 0.388 e. The van der Waals surface area contributed by atoms with E-state index in [-0.39, 0.29) is 29.0 Å². The Hall–Kier alpha value is -3.40. The van der Waals surface area contributed by atoms with Crippen LogP contribution in [0.2, 0.25) is 5.02 Å². The average molecular weight is 499 g/mol. The predicted octanol–water partition coefficient (Wildman–Crippen LogP) is 5.28. The zero-order valence-electron chi connectivity index (χ0n) is 18.3. The number of aryl methyl sites for hydroxylation is 2. The van der Waals surface area contributed by atoms with E-state index in [0.717, 1.165) is 10.2 Å². The fraction of sp³-hybridized carbons (Fsp3) is 0.304. The number of hydrogen-bond acceptors (Lipinski definition) is 5. The van der Waals surface area contributed by atoms with Crippen molar-refractivity contribution in [2.24, 2.45) is 7.05 Å². The number of carbonyl (C=O) groups is 1. The Balaban J connectivity index is 1.75. The number of benzene rings is 2. The van der Waals surface area contributed by atoms with Crippen LogP contribution in [0.15, 0.2) is 42.5 Å². The van der Waals surface area contributed by atoms with Crippen LogP contribution in [0.1, 0.15) is 18.1 Å². The third-order valence-electron chi connectivity index (χ3n) is 4.89. The van der Waals surface area contributed by atoms with Crippen LogP contribution in [0.4, 0.5) is 13.2 Å². The smallest absolute Gasteiger partial charge is 0.388 e. The first-order valence-electron chi connectivity index (χ1n) is 10.2. The average Bonchev–Trinajstić information content (AvgIpc) is 3.09. The Morgan fingerprint density at radius 2 is 1.88 bits per heavy atom. The molecule has 0 spiro atoms. The van der Waals surface area contributed by atoms with Gasteiger partial charge in [-0.15, -0.1) is 0 Å². The van der Waals surface area contributed by atoms with Crippen LogP contribution >= 0.6 is 11.6 Å². The van der Waals surface area contributed by atoms with E-state index in [2.05, 4.69) is 9.84 Å². The van der Waals surface area contributed by atoms with Crippen molar-refractivity contribution in [3.8, 4) is 28.6 Å². The van der Waals surface area contributed by atoms with Crippen LogP contribution in [0.5, 0.6) is 17.4 Å². The first-order chi connectivity index (χ1) is 16.2. The largest absolute Gasteiger partial charge is 0.489 e. The number of carboxylic acid groups (broad SMARTS) is 1. The van der Waals surface area contributed by atoms with Crippen LogP contribution in [-0.2, 0) is 24.9 Å². The SMILES string of the molecule is CCc1ccc(COc2ccc(-c3nn(C)c(OC(F)F)c3Cl)cc2)c(OC(CF)C(=O)O)c1. The Bertz CT molecular complexity index is 1140. The molecule has 1 aromatic heterocycles. The van der Waals surface area contributed by atoms with Gasteiger partial charge in [0.1, 0.15) is 35.5 Å². The highest BCUT2D eigenvalue weighted by Gasteiger charge is 2.22. The number of halogens is 4. The van der Waals surface area contributed by atoms with Gasteiger partial charge in [0.05, 0.1) is 0 Å². The van der Waals surface area contributed by atoms with Crippen molar-refractivity contribution in [2.75, 3.05) is 6.67 Å². The summed E-state index contributed by atoms with van der Waals surface area (Å²) in [5.41, 5.74) is 2.26. The van der Waals surface area contributed by atoms with Gasteiger partial charge in [0.2, 0.25) is 12.0 Å². The van der Waals surface area contributed by atoms with E-state index in [9.17, 15) is 18.0 Å². The van der Waals surface area contributed by atoms with Gasteiger partial charge in [-0.2, -0.15) is 13.9 Å². The minimum Gasteiger partial charge on any atom is -0.489 e. The highest BCUT2D eigenvalue weighted by atomic mass is 35.5.